The summed E-state index contributed by atoms with van der Waals surface area (Å²) in [5.74, 6) is 0.180. The Balaban J connectivity index is 2.07. The third-order valence-electron chi connectivity index (χ3n) is 2.29. The number of carbonyl (C=O) groups excluding carboxylic acids is 1. The van der Waals surface area contributed by atoms with Crippen molar-refractivity contribution in [1.82, 2.24) is 9.36 Å². The molecule has 1 aromatic heterocycles. The molecule has 0 aliphatic heterocycles. The number of halogens is 1. The molecule has 0 fully saturated rings. The Morgan fingerprint density at radius 2 is 2.26 bits per heavy atom. The molecule has 5 nitrogen and oxygen atoms in total. The zero-order chi connectivity index (χ0) is 13.8. The van der Waals surface area contributed by atoms with Gasteiger partial charge in [-0.25, -0.2) is 4.98 Å². The number of nitrogens with one attached hydrogen (secondary N) is 1. The van der Waals surface area contributed by atoms with E-state index in [0.717, 1.165) is 11.5 Å². The van der Waals surface area contributed by atoms with Gasteiger partial charge in [0.25, 0.3) is 5.91 Å². The number of hydrogen-bond acceptors (Lipinski definition) is 5. The number of rotatable bonds is 4. The standard InChI is InChI=1S/C12H12ClN3O2S/c1-7(17)6-10-14-12(19-16-10)15-11(18)8-4-2-3-5-9(8)13/h2-5,7,17H,6H2,1H3,(H,14,15,16,18)/t7-/m0/s1. The van der Waals surface area contributed by atoms with E-state index >= 15 is 0 Å². The lowest BCUT2D eigenvalue weighted by Gasteiger charge is -2.02. The van der Waals surface area contributed by atoms with Gasteiger partial charge in [-0.1, -0.05) is 23.7 Å². The van der Waals surface area contributed by atoms with Crippen LogP contribution in [0.3, 0.4) is 0 Å². The van der Waals surface area contributed by atoms with E-state index in [-0.39, 0.29) is 5.91 Å². The minimum atomic E-state index is -0.512. The van der Waals surface area contributed by atoms with Gasteiger partial charge in [-0.2, -0.15) is 4.37 Å². The van der Waals surface area contributed by atoms with E-state index in [2.05, 4.69) is 14.7 Å². The maximum absolute atomic E-state index is 12.0. The van der Waals surface area contributed by atoms with Crippen LogP contribution in [0.2, 0.25) is 5.02 Å². The summed E-state index contributed by atoms with van der Waals surface area (Å²) in [5.41, 5.74) is 0.386. The topological polar surface area (TPSA) is 75.1 Å². The van der Waals surface area contributed by atoms with E-state index in [1.807, 2.05) is 0 Å². The van der Waals surface area contributed by atoms with Crippen LogP contribution < -0.4 is 5.32 Å². The van der Waals surface area contributed by atoms with Crippen LogP contribution in [-0.4, -0.2) is 26.5 Å². The summed E-state index contributed by atoms with van der Waals surface area (Å²) < 4.78 is 4.05. The van der Waals surface area contributed by atoms with E-state index in [0.29, 0.717) is 28.0 Å². The zero-order valence-electron chi connectivity index (χ0n) is 10.1. The molecule has 0 radical (unpaired) electrons. The predicted octanol–water partition coefficient (Wildman–Crippen LogP) is 2.37. The fourth-order valence-corrected chi connectivity index (χ4v) is 2.27. The molecule has 0 unspecified atom stereocenters. The second kappa shape index (κ2) is 6.10. The molecule has 2 aromatic rings. The quantitative estimate of drug-likeness (QED) is 0.908. The Morgan fingerprint density at radius 3 is 2.95 bits per heavy atom. The molecule has 0 aliphatic rings. The van der Waals surface area contributed by atoms with Gasteiger partial charge >= 0.3 is 0 Å². The lowest BCUT2D eigenvalue weighted by atomic mass is 10.2. The summed E-state index contributed by atoms with van der Waals surface area (Å²) in [6, 6.07) is 6.77. The Morgan fingerprint density at radius 1 is 1.53 bits per heavy atom. The van der Waals surface area contributed by atoms with Crippen LogP contribution in [0.5, 0.6) is 0 Å². The number of hydrogen-bond donors (Lipinski definition) is 2. The minimum absolute atomic E-state index is 0.328. The van der Waals surface area contributed by atoms with Crippen molar-refractivity contribution in [2.75, 3.05) is 5.32 Å². The first-order valence-corrected chi connectivity index (χ1v) is 6.78. The Hall–Kier alpha value is -1.50. The lowest BCUT2D eigenvalue weighted by molar-refractivity contribution is 0.102. The van der Waals surface area contributed by atoms with E-state index in [4.69, 9.17) is 11.6 Å². The molecular formula is C12H12ClN3O2S. The van der Waals surface area contributed by atoms with Gasteiger partial charge in [-0.05, 0) is 19.1 Å². The second-order valence-corrected chi connectivity index (χ2v) is 5.16. The molecule has 0 bridgehead atoms. The maximum Gasteiger partial charge on any atom is 0.258 e. The Bertz CT molecular complexity index is 586. The first-order chi connectivity index (χ1) is 9.06. The molecule has 2 N–H and O–H groups in total. The number of aliphatic hydroxyl groups is 1. The minimum Gasteiger partial charge on any atom is -0.393 e. The monoisotopic (exact) mass is 297 g/mol. The van der Waals surface area contributed by atoms with Crippen LogP contribution in [0.4, 0.5) is 5.13 Å². The highest BCUT2D eigenvalue weighted by Gasteiger charge is 2.13. The van der Waals surface area contributed by atoms with Crippen molar-refractivity contribution in [1.29, 1.82) is 0 Å². The normalized spacial score (nSPS) is 12.2. The number of nitrogens with zero attached hydrogens (tertiary/aromatic N) is 2. The number of benzene rings is 1. The number of anilines is 1. The van der Waals surface area contributed by atoms with E-state index < -0.39 is 6.10 Å². The molecule has 2 rings (SSSR count). The molecule has 1 aromatic carbocycles. The van der Waals surface area contributed by atoms with Crippen molar-refractivity contribution in [3.63, 3.8) is 0 Å². The fraction of sp³-hybridized carbons (Fsp3) is 0.250. The molecule has 0 saturated carbocycles. The third kappa shape index (κ3) is 3.73. The average Bonchev–Trinajstić information content (AvgIpc) is 2.76. The summed E-state index contributed by atoms with van der Waals surface area (Å²) in [6.07, 6.45) is -0.153. The van der Waals surface area contributed by atoms with Gasteiger partial charge in [0, 0.05) is 18.0 Å². The fourth-order valence-electron chi connectivity index (χ4n) is 1.46. The van der Waals surface area contributed by atoms with Crippen LogP contribution in [0.15, 0.2) is 24.3 Å². The van der Waals surface area contributed by atoms with Crippen LogP contribution in [0.1, 0.15) is 23.1 Å². The van der Waals surface area contributed by atoms with Gasteiger partial charge in [-0.15, -0.1) is 0 Å². The Labute approximate surface area is 119 Å². The van der Waals surface area contributed by atoms with Crippen LogP contribution in [-0.2, 0) is 6.42 Å². The first-order valence-electron chi connectivity index (χ1n) is 5.63. The number of amides is 1. The molecule has 7 heteroatoms. The zero-order valence-corrected chi connectivity index (χ0v) is 11.7. The molecule has 1 amide bonds. The molecular weight excluding hydrogens is 286 g/mol. The van der Waals surface area contributed by atoms with Gasteiger partial charge in [0.2, 0.25) is 5.13 Å². The highest BCUT2D eigenvalue weighted by molar-refractivity contribution is 7.09. The lowest BCUT2D eigenvalue weighted by Crippen LogP contribution is -2.12. The highest BCUT2D eigenvalue weighted by atomic mass is 35.5. The average molecular weight is 298 g/mol. The summed E-state index contributed by atoms with van der Waals surface area (Å²) in [7, 11) is 0. The summed E-state index contributed by atoms with van der Waals surface area (Å²) in [6.45, 7) is 1.66. The van der Waals surface area contributed by atoms with Crippen LogP contribution >= 0.6 is 23.1 Å². The summed E-state index contributed by atoms with van der Waals surface area (Å²) in [4.78, 5) is 16.1. The molecule has 19 heavy (non-hydrogen) atoms. The third-order valence-corrected chi connectivity index (χ3v) is 3.28. The van der Waals surface area contributed by atoms with Gasteiger partial charge < -0.3 is 5.11 Å². The Kier molecular flexibility index (Phi) is 4.47. The molecule has 0 saturated heterocycles. The second-order valence-electron chi connectivity index (χ2n) is 4.00. The summed E-state index contributed by atoms with van der Waals surface area (Å²) >= 11 is 7.01. The van der Waals surface area contributed by atoms with E-state index in [9.17, 15) is 9.90 Å². The van der Waals surface area contributed by atoms with Crippen molar-refractivity contribution >= 4 is 34.2 Å². The van der Waals surface area contributed by atoms with E-state index in [1.54, 1.807) is 31.2 Å². The largest absolute Gasteiger partial charge is 0.393 e. The number of aliphatic hydroxyl groups excluding tert-OH is 1. The first kappa shape index (κ1) is 13.9. The van der Waals surface area contributed by atoms with E-state index in [1.165, 1.54) is 0 Å². The van der Waals surface area contributed by atoms with Gasteiger partial charge in [0.15, 0.2) is 0 Å². The molecule has 1 atom stereocenters. The molecule has 0 aliphatic carbocycles. The van der Waals surface area contributed by atoms with Crippen molar-refractivity contribution in [2.45, 2.75) is 19.4 Å². The summed E-state index contributed by atoms with van der Waals surface area (Å²) in [5, 5.41) is 12.6. The van der Waals surface area contributed by atoms with Gasteiger partial charge in [-0.3, -0.25) is 10.1 Å². The van der Waals surface area contributed by atoms with Gasteiger partial charge in [0.05, 0.1) is 16.7 Å². The van der Waals surface area contributed by atoms with Crippen LogP contribution in [0, 0.1) is 0 Å². The van der Waals surface area contributed by atoms with Crippen molar-refractivity contribution in [3.05, 3.63) is 40.7 Å². The maximum atomic E-state index is 12.0. The highest BCUT2D eigenvalue weighted by Crippen LogP contribution is 2.18. The van der Waals surface area contributed by atoms with Crippen molar-refractivity contribution < 1.29 is 9.90 Å². The number of aromatic nitrogens is 2. The predicted molar refractivity (Wildman–Crippen MR) is 74.7 cm³/mol. The molecule has 100 valence electrons. The smallest absolute Gasteiger partial charge is 0.258 e. The molecule has 0 spiro atoms. The number of carbonyl (C=O) groups is 1. The van der Waals surface area contributed by atoms with Crippen molar-refractivity contribution in [2.24, 2.45) is 0 Å². The molecule has 1 heterocycles. The van der Waals surface area contributed by atoms with Crippen molar-refractivity contribution in [3.8, 4) is 0 Å². The van der Waals surface area contributed by atoms with Crippen LogP contribution in [0.25, 0.3) is 0 Å². The van der Waals surface area contributed by atoms with Gasteiger partial charge in [0.1, 0.15) is 5.82 Å². The SMILES string of the molecule is C[C@H](O)Cc1nsc(NC(=O)c2ccccc2Cl)n1.